The standard InChI is InChI=1S/C29H29F2N7O4/c1-16-24(18-12-20(27(39)32-2)28(40)36(3)14-18)35-38(19-8-6-5-7-9-19)26(16)34-29(41)33-23-15-37(4)42-25(23)17-10-11-21(30)22(31)13-17/h5-14,23,25H,15H2,1-4H3,(H,32,39)(H2,33,34,41)/t23-,25+/m1/s1. The maximum Gasteiger partial charge on any atom is 0.320 e. The Labute approximate surface area is 239 Å². The van der Waals surface area contributed by atoms with Crippen LogP contribution in [0.2, 0.25) is 0 Å². The van der Waals surface area contributed by atoms with Crippen LogP contribution in [0.1, 0.15) is 27.6 Å². The molecule has 5 rings (SSSR count). The first kappa shape index (κ1) is 28.6. The van der Waals surface area contributed by atoms with Gasteiger partial charge >= 0.3 is 6.03 Å². The average Bonchev–Trinajstić information content (AvgIpc) is 3.50. The normalized spacial score (nSPS) is 16.8. The number of rotatable bonds is 6. The summed E-state index contributed by atoms with van der Waals surface area (Å²) in [5, 5.41) is 14.5. The van der Waals surface area contributed by atoms with Crippen molar-refractivity contribution in [2.45, 2.75) is 19.1 Å². The molecule has 2 atom stereocenters. The summed E-state index contributed by atoms with van der Waals surface area (Å²) >= 11 is 0. The number of aryl methyl sites for hydroxylation is 1. The number of hydrogen-bond donors (Lipinski definition) is 3. The Balaban J connectivity index is 1.49. The predicted octanol–water partition coefficient (Wildman–Crippen LogP) is 3.29. The van der Waals surface area contributed by atoms with E-state index in [1.165, 1.54) is 28.8 Å². The number of carbonyl (C=O) groups excluding carboxylic acids is 2. The van der Waals surface area contributed by atoms with Gasteiger partial charge < -0.3 is 15.2 Å². The van der Waals surface area contributed by atoms with Gasteiger partial charge in [0.2, 0.25) is 0 Å². The van der Waals surface area contributed by atoms with E-state index in [9.17, 15) is 23.2 Å². The Morgan fingerprint density at radius 2 is 1.79 bits per heavy atom. The highest BCUT2D eigenvalue weighted by Crippen LogP contribution is 2.32. The molecule has 0 radical (unpaired) electrons. The number of benzene rings is 2. The number of anilines is 1. The first-order chi connectivity index (χ1) is 20.1. The van der Waals surface area contributed by atoms with Crippen molar-refractivity contribution < 1.29 is 23.2 Å². The summed E-state index contributed by atoms with van der Waals surface area (Å²) in [7, 11) is 4.65. The highest BCUT2D eigenvalue weighted by molar-refractivity contribution is 5.95. The van der Waals surface area contributed by atoms with Crippen molar-refractivity contribution in [2.24, 2.45) is 7.05 Å². The molecule has 0 aliphatic carbocycles. The number of hydrogen-bond acceptors (Lipinski definition) is 6. The summed E-state index contributed by atoms with van der Waals surface area (Å²) in [6.07, 6.45) is 0.821. The van der Waals surface area contributed by atoms with Crippen molar-refractivity contribution in [1.29, 1.82) is 0 Å². The lowest BCUT2D eigenvalue weighted by atomic mass is 10.0. The van der Waals surface area contributed by atoms with E-state index in [-0.39, 0.29) is 5.56 Å². The number of pyridine rings is 1. The van der Waals surface area contributed by atoms with Gasteiger partial charge in [-0.2, -0.15) is 10.2 Å². The Hall–Kier alpha value is -4.88. The molecule has 3 amide bonds. The van der Waals surface area contributed by atoms with E-state index in [0.717, 1.165) is 12.1 Å². The first-order valence-electron chi connectivity index (χ1n) is 13.1. The molecule has 0 bridgehead atoms. The summed E-state index contributed by atoms with van der Waals surface area (Å²) in [4.78, 5) is 44.1. The summed E-state index contributed by atoms with van der Waals surface area (Å²) < 4.78 is 30.3. The fraction of sp³-hybridized carbons (Fsp3) is 0.241. The van der Waals surface area contributed by atoms with Gasteiger partial charge in [-0.15, -0.1) is 0 Å². The van der Waals surface area contributed by atoms with Gasteiger partial charge in [-0.25, -0.2) is 18.3 Å². The molecular formula is C29H29F2N7O4. The van der Waals surface area contributed by atoms with Crippen LogP contribution in [0.3, 0.4) is 0 Å². The molecule has 3 N–H and O–H groups in total. The van der Waals surface area contributed by atoms with E-state index in [1.54, 1.807) is 31.9 Å². The van der Waals surface area contributed by atoms with Crippen molar-refractivity contribution >= 4 is 17.8 Å². The number of hydroxylamine groups is 2. The molecular weight excluding hydrogens is 548 g/mol. The number of carbonyl (C=O) groups is 2. The summed E-state index contributed by atoms with van der Waals surface area (Å²) in [6, 6.07) is 12.9. The maximum absolute atomic E-state index is 13.9. The number of para-hydroxylation sites is 1. The van der Waals surface area contributed by atoms with Gasteiger partial charge in [0.15, 0.2) is 11.6 Å². The highest BCUT2D eigenvalue weighted by atomic mass is 19.2. The van der Waals surface area contributed by atoms with Gasteiger partial charge in [-0.3, -0.25) is 19.7 Å². The van der Waals surface area contributed by atoms with Gasteiger partial charge in [0.25, 0.3) is 11.5 Å². The van der Waals surface area contributed by atoms with Crippen molar-refractivity contribution in [3.63, 3.8) is 0 Å². The lowest BCUT2D eigenvalue weighted by Gasteiger charge is -2.19. The smallest absolute Gasteiger partial charge is 0.320 e. The number of aromatic nitrogens is 3. The topological polar surface area (TPSA) is 123 Å². The van der Waals surface area contributed by atoms with E-state index in [4.69, 9.17) is 9.94 Å². The van der Waals surface area contributed by atoms with Gasteiger partial charge in [-0.05, 0) is 42.8 Å². The minimum Gasteiger partial charge on any atom is -0.355 e. The zero-order valence-electron chi connectivity index (χ0n) is 23.3. The summed E-state index contributed by atoms with van der Waals surface area (Å²) in [5.74, 6) is -2.18. The minimum atomic E-state index is -1.01. The zero-order chi connectivity index (χ0) is 30.1. The molecule has 3 heterocycles. The zero-order valence-corrected chi connectivity index (χ0v) is 23.3. The second-order valence-corrected chi connectivity index (χ2v) is 9.92. The van der Waals surface area contributed by atoms with E-state index >= 15 is 0 Å². The Kier molecular flexibility index (Phi) is 7.87. The lowest BCUT2D eigenvalue weighted by Crippen LogP contribution is -2.42. The van der Waals surface area contributed by atoms with Crippen LogP contribution in [0.4, 0.5) is 19.4 Å². The highest BCUT2D eigenvalue weighted by Gasteiger charge is 2.35. The van der Waals surface area contributed by atoms with E-state index in [0.29, 0.717) is 40.4 Å². The Morgan fingerprint density at radius 3 is 2.48 bits per heavy atom. The largest absolute Gasteiger partial charge is 0.355 e. The molecule has 11 nitrogen and oxygen atoms in total. The molecule has 4 aromatic rings. The fourth-order valence-corrected chi connectivity index (χ4v) is 4.91. The number of nitrogens with zero attached hydrogens (tertiary/aromatic N) is 4. The molecule has 1 fully saturated rings. The Morgan fingerprint density at radius 1 is 1.05 bits per heavy atom. The molecule has 2 aromatic carbocycles. The van der Waals surface area contributed by atoms with Crippen LogP contribution < -0.4 is 21.5 Å². The summed E-state index contributed by atoms with van der Waals surface area (Å²) in [5.41, 5.74) is 2.03. The van der Waals surface area contributed by atoms with Gasteiger partial charge in [0, 0.05) is 45.0 Å². The second kappa shape index (κ2) is 11.5. The number of amides is 3. The molecule has 1 saturated heterocycles. The Bertz CT molecular complexity index is 1720. The predicted molar refractivity (Wildman–Crippen MR) is 151 cm³/mol. The molecule has 0 saturated carbocycles. The fourth-order valence-electron chi connectivity index (χ4n) is 4.91. The van der Waals surface area contributed by atoms with Crippen molar-refractivity contribution in [3.8, 4) is 16.9 Å². The monoisotopic (exact) mass is 577 g/mol. The SMILES string of the molecule is CNC(=O)c1cc(-c2nn(-c3ccccc3)c(NC(=O)N[C@@H]3CN(C)O[C@H]3c3ccc(F)c(F)c3)c2C)cn(C)c1=O. The first-order valence-corrected chi connectivity index (χ1v) is 13.1. The third-order valence-electron chi connectivity index (χ3n) is 6.98. The second-order valence-electron chi connectivity index (χ2n) is 9.92. The van der Waals surface area contributed by atoms with Crippen LogP contribution in [-0.4, -0.2) is 58.0 Å². The average molecular weight is 578 g/mol. The number of nitrogens with one attached hydrogen (secondary N) is 3. The molecule has 1 aliphatic rings. The maximum atomic E-state index is 13.9. The summed E-state index contributed by atoms with van der Waals surface area (Å²) in [6.45, 7) is 2.05. The van der Waals surface area contributed by atoms with Crippen LogP contribution in [-0.2, 0) is 11.9 Å². The number of halogens is 2. The van der Waals surface area contributed by atoms with Crippen molar-refractivity contribution in [3.05, 3.63) is 99.5 Å². The van der Waals surface area contributed by atoms with E-state index < -0.39 is 41.3 Å². The van der Waals surface area contributed by atoms with E-state index in [2.05, 4.69) is 16.0 Å². The third kappa shape index (κ3) is 5.51. The van der Waals surface area contributed by atoms with Crippen LogP contribution in [0.25, 0.3) is 16.9 Å². The van der Waals surface area contributed by atoms with Crippen molar-refractivity contribution in [1.82, 2.24) is 30.0 Å². The lowest BCUT2D eigenvalue weighted by molar-refractivity contribution is -0.129. The number of urea groups is 1. The third-order valence-corrected chi connectivity index (χ3v) is 6.98. The van der Waals surface area contributed by atoms with Crippen LogP contribution >= 0.6 is 0 Å². The molecule has 2 aromatic heterocycles. The van der Waals surface area contributed by atoms with Gasteiger partial charge in [0.05, 0.1) is 17.4 Å². The molecule has 42 heavy (non-hydrogen) atoms. The van der Waals surface area contributed by atoms with Crippen LogP contribution in [0.5, 0.6) is 0 Å². The van der Waals surface area contributed by atoms with Gasteiger partial charge in [-0.1, -0.05) is 24.3 Å². The van der Waals surface area contributed by atoms with Gasteiger partial charge in [0.1, 0.15) is 17.5 Å². The minimum absolute atomic E-state index is 0.0490. The molecule has 13 heteroatoms. The molecule has 1 aliphatic heterocycles. The van der Waals surface area contributed by atoms with E-state index in [1.807, 2.05) is 30.3 Å². The van der Waals surface area contributed by atoms with Crippen molar-refractivity contribution in [2.75, 3.05) is 26.0 Å². The molecule has 0 unspecified atom stereocenters. The molecule has 0 spiro atoms. The quantitative estimate of drug-likeness (QED) is 0.323. The molecule has 218 valence electrons. The van der Waals surface area contributed by atoms with Crippen LogP contribution in [0, 0.1) is 18.6 Å². The van der Waals surface area contributed by atoms with Crippen LogP contribution in [0.15, 0.2) is 65.6 Å². The number of likely N-dealkylation sites (N-methyl/N-ethyl adjacent to an activating group) is 1.